The van der Waals surface area contributed by atoms with Crippen molar-refractivity contribution in [2.75, 3.05) is 31.1 Å². The van der Waals surface area contributed by atoms with Crippen molar-refractivity contribution >= 4 is 12.0 Å². The Kier molecular flexibility index (Phi) is 3.97. The molecule has 2 rings (SSSR count). The molecule has 0 radical (unpaired) electrons. The number of benzene rings is 1. The summed E-state index contributed by atoms with van der Waals surface area (Å²) in [6.45, 7) is 8.09. The molecule has 1 aliphatic heterocycles. The minimum Gasteiger partial charge on any atom is -0.368 e. The predicted molar refractivity (Wildman–Crippen MR) is 70.7 cm³/mol. The van der Waals surface area contributed by atoms with Gasteiger partial charge in [0.1, 0.15) is 5.82 Å². The fraction of sp³-hybridized carbons (Fsp3) is 0.500. The highest BCUT2D eigenvalue weighted by atomic mass is 19.1. The third kappa shape index (κ3) is 2.70. The zero-order valence-electron chi connectivity index (χ0n) is 10.9. The van der Waals surface area contributed by atoms with Gasteiger partial charge in [0, 0.05) is 43.5 Å². The second-order valence-corrected chi connectivity index (χ2v) is 4.94. The molecule has 0 aliphatic carbocycles. The standard InChI is InChI=1S/C14H19FN2O/c1-11(2)16-5-7-17(8-6-16)14-4-3-13(15)9-12(14)10-18/h3-4,9-11H,5-8H2,1-2H3. The van der Waals surface area contributed by atoms with Crippen LogP contribution in [0.3, 0.4) is 0 Å². The molecule has 0 unspecified atom stereocenters. The van der Waals surface area contributed by atoms with Crippen molar-refractivity contribution in [2.24, 2.45) is 0 Å². The van der Waals surface area contributed by atoms with Gasteiger partial charge in [0.2, 0.25) is 0 Å². The monoisotopic (exact) mass is 250 g/mol. The molecule has 1 saturated heterocycles. The van der Waals surface area contributed by atoms with Crippen LogP contribution in [0.15, 0.2) is 18.2 Å². The topological polar surface area (TPSA) is 23.6 Å². The first-order valence-corrected chi connectivity index (χ1v) is 6.35. The van der Waals surface area contributed by atoms with Crippen molar-refractivity contribution in [3.05, 3.63) is 29.6 Å². The first-order chi connectivity index (χ1) is 8.61. The van der Waals surface area contributed by atoms with Gasteiger partial charge in [-0.05, 0) is 32.0 Å². The maximum absolute atomic E-state index is 13.1. The van der Waals surface area contributed by atoms with Crippen molar-refractivity contribution in [1.29, 1.82) is 0 Å². The second-order valence-electron chi connectivity index (χ2n) is 4.94. The third-order valence-electron chi connectivity index (χ3n) is 3.50. The smallest absolute Gasteiger partial charge is 0.152 e. The minimum absolute atomic E-state index is 0.360. The Morgan fingerprint density at radius 2 is 1.89 bits per heavy atom. The van der Waals surface area contributed by atoms with Crippen LogP contribution in [0.2, 0.25) is 0 Å². The molecule has 1 fully saturated rings. The van der Waals surface area contributed by atoms with Crippen LogP contribution in [-0.2, 0) is 0 Å². The molecule has 0 spiro atoms. The molecule has 18 heavy (non-hydrogen) atoms. The Balaban J connectivity index is 2.12. The molecule has 1 aromatic rings. The van der Waals surface area contributed by atoms with Crippen LogP contribution in [0.5, 0.6) is 0 Å². The van der Waals surface area contributed by atoms with Gasteiger partial charge in [0.15, 0.2) is 6.29 Å². The quantitative estimate of drug-likeness (QED) is 0.768. The second kappa shape index (κ2) is 5.48. The minimum atomic E-state index is -0.360. The van der Waals surface area contributed by atoms with E-state index in [2.05, 4.69) is 23.6 Å². The number of hydrogen-bond acceptors (Lipinski definition) is 3. The first-order valence-electron chi connectivity index (χ1n) is 6.35. The van der Waals surface area contributed by atoms with E-state index in [-0.39, 0.29) is 5.82 Å². The Labute approximate surface area is 107 Å². The molecule has 1 heterocycles. The Morgan fingerprint density at radius 3 is 2.44 bits per heavy atom. The van der Waals surface area contributed by atoms with Crippen LogP contribution in [0.25, 0.3) is 0 Å². The molecular weight excluding hydrogens is 231 g/mol. The van der Waals surface area contributed by atoms with E-state index < -0.39 is 0 Å². The van der Waals surface area contributed by atoms with Gasteiger partial charge in [-0.1, -0.05) is 0 Å². The molecule has 0 atom stereocenters. The molecule has 0 N–H and O–H groups in total. The van der Waals surface area contributed by atoms with E-state index in [0.717, 1.165) is 38.2 Å². The zero-order valence-corrected chi connectivity index (χ0v) is 10.9. The molecule has 4 heteroatoms. The Morgan fingerprint density at radius 1 is 1.22 bits per heavy atom. The number of hydrogen-bond donors (Lipinski definition) is 0. The van der Waals surface area contributed by atoms with Gasteiger partial charge in [-0.3, -0.25) is 9.69 Å². The highest BCUT2D eigenvalue weighted by Gasteiger charge is 2.20. The Bertz CT molecular complexity index is 426. The third-order valence-corrected chi connectivity index (χ3v) is 3.50. The Hall–Kier alpha value is -1.42. The van der Waals surface area contributed by atoms with E-state index >= 15 is 0 Å². The highest BCUT2D eigenvalue weighted by molar-refractivity contribution is 5.84. The zero-order chi connectivity index (χ0) is 13.1. The lowest BCUT2D eigenvalue weighted by Crippen LogP contribution is -2.49. The van der Waals surface area contributed by atoms with Gasteiger partial charge >= 0.3 is 0 Å². The van der Waals surface area contributed by atoms with Crippen LogP contribution in [-0.4, -0.2) is 43.4 Å². The fourth-order valence-corrected chi connectivity index (χ4v) is 2.39. The summed E-state index contributed by atoms with van der Waals surface area (Å²) in [6, 6.07) is 4.96. The molecule has 1 aromatic carbocycles. The molecule has 1 aliphatic rings. The molecule has 0 aromatic heterocycles. The van der Waals surface area contributed by atoms with E-state index in [0.29, 0.717) is 11.6 Å². The fourth-order valence-electron chi connectivity index (χ4n) is 2.39. The van der Waals surface area contributed by atoms with E-state index in [4.69, 9.17) is 0 Å². The molecule has 0 bridgehead atoms. The molecular formula is C14H19FN2O. The summed E-state index contributed by atoms with van der Waals surface area (Å²) >= 11 is 0. The number of halogens is 1. The summed E-state index contributed by atoms with van der Waals surface area (Å²) < 4.78 is 13.1. The van der Waals surface area contributed by atoms with E-state index in [1.807, 2.05) is 0 Å². The molecule has 0 amide bonds. The number of carbonyl (C=O) groups excluding carboxylic acids is 1. The molecule has 0 saturated carbocycles. The number of piperazine rings is 1. The van der Waals surface area contributed by atoms with Crippen LogP contribution in [0.1, 0.15) is 24.2 Å². The normalized spacial score (nSPS) is 17.2. The maximum atomic E-state index is 13.1. The summed E-state index contributed by atoms with van der Waals surface area (Å²) in [5.41, 5.74) is 1.28. The van der Waals surface area contributed by atoms with Gasteiger partial charge in [-0.15, -0.1) is 0 Å². The summed E-state index contributed by atoms with van der Waals surface area (Å²) in [6.07, 6.45) is 0.729. The maximum Gasteiger partial charge on any atom is 0.152 e. The van der Waals surface area contributed by atoms with Gasteiger partial charge in [0.05, 0.1) is 0 Å². The SMILES string of the molecule is CC(C)N1CCN(c2ccc(F)cc2C=O)CC1. The summed E-state index contributed by atoms with van der Waals surface area (Å²) in [7, 11) is 0. The number of nitrogens with zero attached hydrogens (tertiary/aromatic N) is 2. The van der Waals surface area contributed by atoms with Crippen molar-refractivity contribution < 1.29 is 9.18 Å². The van der Waals surface area contributed by atoms with Crippen LogP contribution >= 0.6 is 0 Å². The lowest BCUT2D eigenvalue weighted by atomic mass is 10.1. The molecule has 98 valence electrons. The summed E-state index contributed by atoms with van der Waals surface area (Å²) in [4.78, 5) is 15.5. The predicted octanol–water partition coefficient (Wildman–Crippen LogP) is 2.17. The summed E-state index contributed by atoms with van der Waals surface area (Å²) in [5, 5.41) is 0. The largest absolute Gasteiger partial charge is 0.368 e. The van der Waals surface area contributed by atoms with Crippen LogP contribution in [0.4, 0.5) is 10.1 Å². The number of carbonyl (C=O) groups is 1. The summed E-state index contributed by atoms with van der Waals surface area (Å²) in [5.74, 6) is -0.360. The van der Waals surface area contributed by atoms with Crippen molar-refractivity contribution in [3.63, 3.8) is 0 Å². The number of rotatable bonds is 3. The van der Waals surface area contributed by atoms with Gasteiger partial charge < -0.3 is 4.90 Å². The average Bonchev–Trinajstić information content (AvgIpc) is 2.38. The molecule has 3 nitrogen and oxygen atoms in total. The van der Waals surface area contributed by atoms with Crippen molar-refractivity contribution in [1.82, 2.24) is 4.90 Å². The van der Waals surface area contributed by atoms with Crippen molar-refractivity contribution in [3.8, 4) is 0 Å². The van der Waals surface area contributed by atoms with E-state index in [1.165, 1.54) is 12.1 Å². The number of aldehydes is 1. The first kappa shape index (κ1) is 13.0. The van der Waals surface area contributed by atoms with Gasteiger partial charge in [0.25, 0.3) is 0 Å². The van der Waals surface area contributed by atoms with E-state index in [1.54, 1.807) is 6.07 Å². The van der Waals surface area contributed by atoms with Gasteiger partial charge in [-0.25, -0.2) is 4.39 Å². The lowest BCUT2D eigenvalue weighted by Gasteiger charge is -2.38. The van der Waals surface area contributed by atoms with Crippen molar-refractivity contribution in [2.45, 2.75) is 19.9 Å². The highest BCUT2D eigenvalue weighted by Crippen LogP contribution is 2.22. The van der Waals surface area contributed by atoms with Crippen LogP contribution < -0.4 is 4.90 Å². The van der Waals surface area contributed by atoms with E-state index in [9.17, 15) is 9.18 Å². The average molecular weight is 250 g/mol. The van der Waals surface area contributed by atoms with Gasteiger partial charge in [-0.2, -0.15) is 0 Å². The lowest BCUT2D eigenvalue weighted by molar-refractivity contribution is 0.112. The van der Waals surface area contributed by atoms with Crippen LogP contribution in [0, 0.1) is 5.82 Å². The number of anilines is 1.